The van der Waals surface area contributed by atoms with Gasteiger partial charge in [0, 0.05) is 17.1 Å². The van der Waals surface area contributed by atoms with Gasteiger partial charge in [-0.05, 0) is 41.5 Å². The van der Waals surface area contributed by atoms with Crippen LogP contribution in [0.15, 0.2) is 60.4 Å². The lowest BCUT2D eigenvalue weighted by molar-refractivity contribution is 0.103. The lowest BCUT2D eigenvalue weighted by Gasteiger charge is -2.24. The number of hydrogen-bond donors (Lipinski definition) is 1. The summed E-state index contributed by atoms with van der Waals surface area (Å²) in [5.41, 5.74) is 11.6. The van der Waals surface area contributed by atoms with Gasteiger partial charge in [0.25, 0.3) is 0 Å². The van der Waals surface area contributed by atoms with Crippen LogP contribution in [-0.2, 0) is 0 Å². The molecule has 3 rings (SSSR count). The lowest BCUT2D eigenvalue weighted by atomic mass is 9.34. The van der Waals surface area contributed by atoms with E-state index < -0.39 is 5.41 Å². The molecule has 0 fully saturated rings. The van der Waals surface area contributed by atoms with Gasteiger partial charge in [-0.25, -0.2) is 0 Å². The molecule has 0 aliphatic heterocycles. The van der Waals surface area contributed by atoms with E-state index in [-0.39, 0.29) is 18.3 Å². The molecular weight excluding hydrogens is 415 g/mol. The normalized spacial score (nSPS) is 12.1. The number of ketones is 1. The van der Waals surface area contributed by atoms with E-state index >= 15 is 0 Å². The molecule has 0 saturated carbocycles. The van der Waals surface area contributed by atoms with Gasteiger partial charge in [-0.15, -0.1) is 0 Å². The number of allylic oxidation sites excluding steroid dienone is 2. The highest BCUT2D eigenvalue weighted by Gasteiger charge is 2.28. The highest BCUT2D eigenvalue weighted by Crippen LogP contribution is 2.23. The standard InChI is InChI=1S/C31H37BO2/c1-19-14-21(3)29(22(4)15-19)32(30-23(5)16-20(2)17-24(30)6)26-12-10-25(11-13-26)27(33)18-28(34)31(7,8)9/h10-18,34H,1-9H3/b28-18-. The highest BCUT2D eigenvalue weighted by atomic mass is 16.3. The Bertz CT molecular complexity index is 1150. The molecule has 0 saturated heterocycles. The summed E-state index contributed by atoms with van der Waals surface area (Å²) in [7, 11) is 0. The molecule has 0 amide bonds. The van der Waals surface area contributed by atoms with Gasteiger partial charge in [-0.1, -0.05) is 119 Å². The second kappa shape index (κ2) is 9.66. The van der Waals surface area contributed by atoms with Gasteiger partial charge in [0.05, 0.1) is 0 Å². The van der Waals surface area contributed by atoms with Gasteiger partial charge >= 0.3 is 0 Å². The van der Waals surface area contributed by atoms with Crippen molar-refractivity contribution in [3.63, 3.8) is 0 Å². The Morgan fingerprint density at radius 3 is 1.47 bits per heavy atom. The molecule has 1 N–H and O–H groups in total. The molecule has 0 radical (unpaired) electrons. The summed E-state index contributed by atoms with van der Waals surface area (Å²) in [6.07, 6.45) is 1.34. The Kier molecular flexibility index (Phi) is 7.26. The first-order valence-corrected chi connectivity index (χ1v) is 12.0. The molecule has 0 unspecified atom stereocenters. The molecule has 3 aromatic carbocycles. The zero-order valence-corrected chi connectivity index (χ0v) is 22.1. The minimum absolute atomic E-state index is 0.0730. The Hall–Kier alpha value is -3.07. The van der Waals surface area contributed by atoms with Crippen molar-refractivity contribution in [2.24, 2.45) is 5.41 Å². The first-order chi connectivity index (χ1) is 15.8. The van der Waals surface area contributed by atoms with Crippen LogP contribution in [0.4, 0.5) is 0 Å². The second-order valence-electron chi connectivity index (χ2n) is 10.8. The van der Waals surface area contributed by atoms with Gasteiger partial charge in [0.1, 0.15) is 5.76 Å². The van der Waals surface area contributed by atoms with Crippen LogP contribution in [0.1, 0.15) is 64.5 Å². The van der Waals surface area contributed by atoms with Crippen LogP contribution in [0.3, 0.4) is 0 Å². The zero-order chi connectivity index (χ0) is 25.4. The highest BCUT2D eigenvalue weighted by molar-refractivity contribution is 6.96. The molecule has 0 bridgehead atoms. The number of hydrogen-bond acceptors (Lipinski definition) is 2. The Balaban J connectivity index is 2.17. The van der Waals surface area contributed by atoms with Crippen LogP contribution >= 0.6 is 0 Å². The molecule has 2 nitrogen and oxygen atoms in total. The van der Waals surface area contributed by atoms with Crippen molar-refractivity contribution in [1.82, 2.24) is 0 Å². The van der Waals surface area contributed by atoms with Crippen LogP contribution in [-0.4, -0.2) is 17.6 Å². The third-order valence-corrected chi connectivity index (χ3v) is 6.62. The van der Waals surface area contributed by atoms with Gasteiger partial charge in [0.15, 0.2) is 5.78 Å². The fourth-order valence-corrected chi connectivity index (χ4v) is 5.03. The smallest absolute Gasteiger partial charge is 0.242 e. The molecule has 34 heavy (non-hydrogen) atoms. The predicted molar refractivity (Wildman–Crippen MR) is 147 cm³/mol. The van der Waals surface area contributed by atoms with Crippen molar-refractivity contribution < 1.29 is 9.90 Å². The number of aliphatic hydroxyl groups excluding tert-OH is 1. The summed E-state index contributed by atoms with van der Waals surface area (Å²) in [5, 5.41) is 10.3. The van der Waals surface area contributed by atoms with Crippen LogP contribution in [0.5, 0.6) is 0 Å². The summed E-state index contributed by atoms with van der Waals surface area (Å²) in [4.78, 5) is 12.8. The third kappa shape index (κ3) is 5.36. The third-order valence-electron chi connectivity index (χ3n) is 6.62. The molecule has 0 aliphatic carbocycles. The fraction of sp³-hybridized carbons (Fsp3) is 0.323. The first-order valence-electron chi connectivity index (χ1n) is 12.0. The zero-order valence-electron chi connectivity index (χ0n) is 22.1. The van der Waals surface area contributed by atoms with Crippen LogP contribution < -0.4 is 16.4 Å². The monoisotopic (exact) mass is 452 g/mol. The van der Waals surface area contributed by atoms with Crippen LogP contribution in [0.2, 0.25) is 0 Å². The lowest BCUT2D eigenvalue weighted by Crippen LogP contribution is -2.55. The maximum Gasteiger partial charge on any atom is 0.242 e. The maximum absolute atomic E-state index is 12.8. The molecule has 0 aliphatic rings. The molecule has 0 spiro atoms. The SMILES string of the molecule is Cc1cc(C)c(B(c2ccc(C(=O)/C=C(\O)C(C)(C)C)cc2)c2c(C)cc(C)cc2C)c(C)c1. The van der Waals surface area contributed by atoms with Crippen molar-refractivity contribution >= 4 is 28.9 Å². The van der Waals surface area contributed by atoms with E-state index in [1.54, 1.807) is 0 Å². The summed E-state index contributed by atoms with van der Waals surface area (Å²) in [6, 6.07) is 16.9. The average Bonchev–Trinajstić information content (AvgIpc) is 2.70. The topological polar surface area (TPSA) is 37.3 Å². The van der Waals surface area contributed by atoms with Gasteiger partial charge < -0.3 is 5.11 Å². The van der Waals surface area contributed by atoms with Gasteiger partial charge in [-0.2, -0.15) is 0 Å². The molecule has 0 heterocycles. The van der Waals surface area contributed by atoms with E-state index in [1.807, 2.05) is 32.9 Å². The largest absolute Gasteiger partial charge is 0.512 e. The number of aliphatic hydroxyl groups is 1. The molecule has 176 valence electrons. The molecule has 0 aromatic heterocycles. The summed E-state index contributed by atoms with van der Waals surface area (Å²) in [6.45, 7) is 18.8. The molecular formula is C31H37BO2. The molecule has 3 heteroatoms. The number of carbonyl (C=O) groups is 1. The van der Waals surface area contributed by atoms with Gasteiger partial charge in [0.2, 0.25) is 6.71 Å². The Morgan fingerprint density at radius 2 is 1.12 bits per heavy atom. The van der Waals surface area contributed by atoms with Crippen molar-refractivity contribution in [1.29, 1.82) is 0 Å². The number of rotatable bonds is 5. The van der Waals surface area contributed by atoms with Crippen LogP contribution in [0.25, 0.3) is 0 Å². The maximum atomic E-state index is 12.8. The second-order valence-corrected chi connectivity index (χ2v) is 10.8. The number of benzene rings is 3. The summed E-state index contributed by atoms with van der Waals surface area (Å²) in [5.74, 6) is -0.0859. The van der Waals surface area contributed by atoms with E-state index in [0.29, 0.717) is 5.56 Å². The van der Waals surface area contributed by atoms with Crippen LogP contribution in [0, 0.1) is 47.0 Å². The minimum Gasteiger partial charge on any atom is -0.512 e. The van der Waals surface area contributed by atoms with Gasteiger partial charge in [-0.3, -0.25) is 4.79 Å². The quantitative estimate of drug-likeness (QED) is 0.233. The van der Waals surface area contributed by atoms with Crippen molar-refractivity contribution in [2.75, 3.05) is 0 Å². The number of aryl methyl sites for hydroxylation is 6. The Morgan fingerprint density at radius 1 is 0.735 bits per heavy atom. The van der Waals surface area contributed by atoms with Crippen molar-refractivity contribution in [2.45, 2.75) is 62.3 Å². The molecule has 0 atom stereocenters. The Labute approximate surface area is 205 Å². The predicted octanol–water partition coefficient (Wildman–Crippen LogP) is 5.72. The van der Waals surface area contributed by atoms with Crippen molar-refractivity contribution in [3.8, 4) is 0 Å². The van der Waals surface area contributed by atoms with Crippen molar-refractivity contribution in [3.05, 3.63) is 99.3 Å². The van der Waals surface area contributed by atoms with E-state index in [2.05, 4.69) is 77.9 Å². The number of carbonyl (C=O) groups excluding carboxylic acids is 1. The van der Waals surface area contributed by atoms with E-state index in [1.165, 1.54) is 50.4 Å². The first kappa shape index (κ1) is 25.6. The minimum atomic E-state index is -0.457. The van der Waals surface area contributed by atoms with E-state index in [4.69, 9.17) is 0 Å². The average molecular weight is 452 g/mol. The van der Waals surface area contributed by atoms with E-state index in [0.717, 1.165) is 5.46 Å². The summed E-state index contributed by atoms with van der Waals surface area (Å²) >= 11 is 0. The fourth-order valence-electron chi connectivity index (χ4n) is 5.03. The van der Waals surface area contributed by atoms with E-state index in [9.17, 15) is 9.90 Å². The molecule has 3 aromatic rings. The summed E-state index contributed by atoms with van der Waals surface area (Å²) < 4.78 is 0.